The fourth-order valence-corrected chi connectivity index (χ4v) is 2.12. The largest absolute Gasteiger partial charge is 0.481 e. The lowest BCUT2D eigenvalue weighted by Crippen LogP contribution is -2.24. The van der Waals surface area contributed by atoms with E-state index in [4.69, 9.17) is 15.2 Å². The molecule has 0 aliphatic carbocycles. The van der Waals surface area contributed by atoms with Gasteiger partial charge in [0.1, 0.15) is 17.2 Å². The molecule has 27 heavy (non-hydrogen) atoms. The first-order valence-electron chi connectivity index (χ1n) is 7.73. The van der Waals surface area contributed by atoms with Gasteiger partial charge in [-0.15, -0.1) is 0 Å². The third kappa shape index (κ3) is 6.21. The van der Waals surface area contributed by atoms with Crippen molar-refractivity contribution in [2.45, 2.75) is 19.2 Å². The van der Waals surface area contributed by atoms with Gasteiger partial charge in [-0.2, -0.15) is 18.2 Å². The van der Waals surface area contributed by atoms with E-state index >= 15 is 0 Å². The number of thioether (sulfide) groups is 1. The quantitative estimate of drug-likeness (QED) is 0.594. The highest BCUT2D eigenvalue weighted by atomic mass is 32.2. The number of nitrogens with two attached hydrogens (primary N) is 1. The lowest BCUT2D eigenvalue weighted by Gasteiger charge is -2.12. The predicted octanol–water partition coefficient (Wildman–Crippen LogP) is 4.47. The van der Waals surface area contributed by atoms with Crippen LogP contribution in [-0.2, 0) is 11.0 Å². The average Bonchev–Trinajstić information content (AvgIpc) is 2.62. The van der Waals surface area contributed by atoms with Gasteiger partial charge in [-0.1, -0.05) is 11.8 Å². The fraction of sp³-hybridized carbons (Fsp3) is 0.222. The molecule has 0 spiro atoms. The number of carbonyl (C=O) groups is 1. The fourth-order valence-electron chi connectivity index (χ4n) is 1.93. The first-order valence-corrected chi connectivity index (χ1v) is 8.95. The zero-order valence-corrected chi connectivity index (χ0v) is 15.3. The van der Waals surface area contributed by atoms with E-state index in [1.165, 1.54) is 12.1 Å². The highest BCUT2D eigenvalue weighted by Gasteiger charge is 2.30. The van der Waals surface area contributed by atoms with Crippen LogP contribution < -0.4 is 15.2 Å². The standard InChI is InChI=1S/C18H17F3N2O3S/c1-11(16(24)23-17(22)27-2)25-13-7-9-15(10-8-13)26-14-5-3-12(4-6-14)18(19,20)21/h3-11H,1-2H3,(H2,22,23,24). The Hall–Kier alpha value is -2.68. The zero-order chi connectivity index (χ0) is 20.0. The third-order valence-corrected chi connectivity index (χ3v) is 3.84. The molecule has 2 aromatic carbocycles. The van der Waals surface area contributed by atoms with Gasteiger partial charge in [-0.25, -0.2) is 0 Å². The minimum atomic E-state index is -4.39. The van der Waals surface area contributed by atoms with Crippen LogP contribution in [0.1, 0.15) is 12.5 Å². The van der Waals surface area contributed by atoms with Crippen LogP contribution in [0.4, 0.5) is 13.2 Å². The summed E-state index contributed by atoms with van der Waals surface area (Å²) in [5.74, 6) is 0.577. The molecule has 0 saturated carbocycles. The molecule has 0 saturated heterocycles. The summed E-state index contributed by atoms with van der Waals surface area (Å²) >= 11 is 1.15. The summed E-state index contributed by atoms with van der Waals surface area (Å²) in [7, 11) is 0. The SMILES string of the molecule is CSC(N)=NC(=O)C(C)Oc1ccc(Oc2ccc(C(F)(F)F)cc2)cc1. The number of hydrogen-bond donors (Lipinski definition) is 1. The number of amides is 1. The molecule has 144 valence electrons. The normalized spacial score (nSPS) is 13.1. The van der Waals surface area contributed by atoms with Crippen molar-refractivity contribution >= 4 is 22.8 Å². The first-order chi connectivity index (χ1) is 12.7. The van der Waals surface area contributed by atoms with E-state index in [0.29, 0.717) is 11.5 Å². The molecule has 0 heterocycles. The number of amidine groups is 1. The first kappa shape index (κ1) is 20.6. The van der Waals surface area contributed by atoms with Gasteiger partial charge in [0, 0.05) is 0 Å². The summed E-state index contributed by atoms with van der Waals surface area (Å²) in [4.78, 5) is 15.5. The van der Waals surface area contributed by atoms with Gasteiger partial charge in [0.2, 0.25) is 0 Å². The number of hydrogen-bond acceptors (Lipinski definition) is 4. The van der Waals surface area contributed by atoms with Crippen LogP contribution in [0.3, 0.4) is 0 Å². The maximum absolute atomic E-state index is 12.5. The van der Waals surface area contributed by atoms with E-state index in [1.54, 1.807) is 37.4 Å². The molecule has 1 amide bonds. The molecule has 0 aromatic heterocycles. The number of halogens is 3. The number of aliphatic imine (C=N–C) groups is 1. The van der Waals surface area contributed by atoms with Gasteiger partial charge >= 0.3 is 6.18 Å². The second-order valence-electron chi connectivity index (χ2n) is 5.35. The molecule has 0 bridgehead atoms. The number of carbonyl (C=O) groups excluding carboxylic acids is 1. The number of rotatable bonds is 5. The topological polar surface area (TPSA) is 73.9 Å². The molecule has 1 unspecified atom stereocenters. The van der Waals surface area contributed by atoms with Crippen LogP contribution >= 0.6 is 11.8 Å². The summed E-state index contributed by atoms with van der Waals surface area (Å²) in [6, 6.07) is 10.7. The van der Waals surface area contributed by atoms with Crippen LogP contribution in [0.5, 0.6) is 17.2 Å². The Kier molecular flexibility index (Phi) is 6.73. The molecular weight excluding hydrogens is 381 g/mol. The van der Waals surface area contributed by atoms with Crippen molar-refractivity contribution in [3.63, 3.8) is 0 Å². The van der Waals surface area contributed by atoms with Crippen LogP contribution in [0.15, 0.2) is 53.5 Å². The van der Waals surface area contributed by atoms with Gasteiger partial charge < -0.3 is 15.2 Å². The lowest BCUT2D eigenvalue weighted by molar-refractivity contribution is -0.137. The third-order valence-electron chi connectivity index (χ3n) is 3.33. The van der Waals surface area contributed by atoms with Crippen molar-refractivity contribution in [2.24, 2.45) is 10.7 Å². The van der Waals surface area contributed by atoms with Gasteiger partial charge in [0.05, 0.1) is 5.56 Å². The highest BCUT2D eigenvalue weighted by molar-refractivity contribution is 8.13. The van der Waals surface area contributed by atoms with Gasteiger partial charge in [0.15, 0.2) is 11.3 Å². The monoisotopic (exact) mass is 398 g/mol. The van der Waals surface area contributed by atoms with Crippen LogP contribution in [0.2, 0.25) is 0 Å². The molecule has 0 aliphatic heterocycles. The second-order valence-corrected chi connectivity index (χ2v) is 6.17. The van der Waals surface area contributed by atoms with Crippen LogP contribution in [-0.4, -0.2) is 23.4 Å². The smallest absolute Gasteiger partial charge is 0.416 e. The maximum atomic E-state index is 12.5. The van der Waals surface area contributed by atoms with Crippen LogP contribution in [0.25, 0.3) is 0 Å². The Morgan fingerprint density at radius 1 is 1.04 bits per heavy atom. The van der Waals surface area contributed by atoms with E-state index in [0.717, 1.165) is 23.9 Å². The Bertz CT molecular complexity index is 806. The Balaban J connectivity index is 1.98. The molecule has 0 fully saturated rings. The van der Waals surface area contributed by atoms with Crippen molar-refractivity contribution in [3.8, 4) is 17.2 Å². The molecule has 2 rings (SSSR count). The summed E-state index contributed by atoms with van der Waals surface area (Å²) in [6.07, 6.45) is -3.51. The van der Waals surface area contributed by atoms with E-state index in [9.17, 15) is 18.0 Å². The maximum Gasteiger partial charge on any atom is 0.416 e. The molecule has 9 heteroatoms. The van der Waals surface area contributed by atoms with Gasteiger partial charge in [-0.3, -0.25) is 4.79 Å². The second kappa shape index (κ2) is 8.81. The number of ether oxygens (including phenoxy) is 2. The molecule has 2 aromatic rings. The molecule has 1 atom stereocenters. The van der Waals surface area contributed by atoms with Gasteiger partial charge in [0.25, 0.3) is 5.91 Å². The minimum Gasteiger partial charge on any atom is -0.481 e. The van der Waals surface area contributed by atoms with E-state index < -0.39 is 23.8 Å². The molecular formula is C18H17F3N2O3S. The van der Waals surface area contributed by atoms with E-state index in [-0.39, 0.29) is 10.9 Å². The summed E-state index contributed by atoms with van der Waals surface area (Å²) in [5.41, 5.74) is 4.74. The summed E-state index contributed by atoms with van der Waals surface area (Å²) in [5, 5.41) is 0.149. The number of benzene rings is 2. The summed E-state index contributed by atoms with van der Waals surface area (Å²) < 4.78 is 48.6. The van der Waals surface area contributed by atoms with Crippen molar-refractivity contribution in [1.29, 1.82) is 0 Å². The van der Waals surface area contributed by atoms with Crippen LogP contribution in [0, 0.1) is 0 Å². The molecule has 5 nitrogen and oxygen atoms in total. The highest BCUT2D eigenvalue weighted by Crippen LogP contribution is 2.31. The Morgan fingerprint density at radius 3 is 2.00 bits per heavy atom. The van der Waals surface area contributed by atoms with Crippen molar-refractivity contribution in [1.82, 2.24) is 0 Å². The van der Waals surface area contributed by atoms with Crippen molar-refractivity contribution in [3.05, 3.63) is 54.1 Å². The van der Waals surface area contributed by atoms with Crippen molar-refractivity contribution < 1.29 is 27.4 Å². The van der Waals surface area contributed by atoms with E-state index in [2.05, 4.69) is 4.99 Å². The lowest BCUT2D eigenvalue weighted by atomic mass is 10.2. The zero-order valence-electron chi connectivity index (χ0n) is 14.5. The minimum absolute atomic E-state index is 0.149. The average molecular weight is 398 g/mol. The Labute approximate surface area is 158 Å². The van der Waals surface area contributed by atoms with E-state index in [1.807, 2.05) is 0 Å². The molecule has 0 aliphatic rings. The van der Waals surface area contributed by atoms with Gasteiger partial charge in [-0.05, 0) is 61.7 Å². The molecule has 0 radical (unpaired) electrons. The van der Waals surface area contributed by atoms with Crippen molar-refractivity contribution in [2.75, 3.05) is 6.26 Å². The summed E-state index contributed by atoms with van der Waals surface area (Å²) in [6.45, 7) is 1.55. The predicted molar refractivity (Wildman–Crippen MR) is 98.2 cm³/mol. The molecule has 2 N–H and O–H groups in total. The number of nitrogens with zero attached hydrogens (tertiary/aromatic N) is 1. The number of alkyl halides is 3. The Morgan fingerprint density at radius 2 is 1.52 bits per heavy atom.